The van der Waals surface area contributed by atoms with Gasteiger partial charge in [0.1, 0.15) is 6.04 Å². The van der Waals surface area contributed by atoms with Crippen LogP contribution < -0.4 is 15.2 Å². The summed E-state index contributed by atoms with van der Waals surface area (Å²) < 4.78 is 42.8. The Hall–Kier alpha value is -1.84. The zero-order valence-electron chi connectivity index (χ0n) is 14.1. The first-order valence-electron chi connectivity index (χ1n) is 7.32. The molecule has 0 unspecified atom stereocenters. The molecule has 134 valence electrons. The maximum absolute atomic E-state index is 13.1. The van der Waals surface area contributed by atoms with Gasteiger partial charge in [0.2, 0.25) is 15.9 Å². The number of hydrogen-bond acceptors (Lipinski definition) is 6. The molecule has 9 heteroatoms. The standard InChI is InChI=1S/C15H22N2O6S/c1-9-5-12(22-3)13(23-4)7-14(9)24(19,20)17-8-10(21-2)6-11(17)15(16)18/h5,7,10-11H,6,8H2,1-4H3,(H2,16,18)/t10-,11-/m0/s1. The van der Waals surface area contributed by atoms with Gasteiger partial charge >= 0.3 is 0 Å². The van der Waals surface area contributed by atoms with Crippen LogP contribution in [-0.2, 0) is 19.6 Å². The van der Waals surface area contributed by atoms with Crippen molar-refractivity contribution in [1.82, 2.24) is 4.31 Å². The highest BCUT2D eigenvalue weighted by Crippen LogP contribution is 2.35. The molecule has 0 spiro atoms. The van der Waals surface area contributed by atoms with Crippen LogP contribution in [0.4, 0.5) is 0 Å². The van der Waals surface area contributed by atoms with Crippen molar-refractivity contribution in [2.45, 2.75) is 30.4 Å². The fraction of sp³-hybridized carbons (Fsp3) is 0.533. The molecule has 24 heavy (non-hydrogen) atoms. The fourth-order valence-electron chi connectivity index (χ4n) is 2.83. The van der Waals surface area contributed by atoms with Crippen molar-refractivity contribution in [2.24, 2.45) is 5.73 Å². The number of nitrogens with zero attached hydrogens (tertiary/aromatic N) is 1. The summed E-state index contributed by atoms with van der Waals surface area (Å²) in [4.78, 5) is 11.7. The number of amides is 1. The number of methoxy groups -OCH3 is 3. The molecule has 0 saturated carbocycles. The summed E-state index contributed by atoms with van der Waals surface area (Å²) >= 11 is 0. The van der Waals surface area contributed by atoms with E-state index in [4.69, 9.17) is 19.9 Å². The Kier molecular flexibility index (Phi) is 5.36. The van der Waals surface area contributed by atoms with Gasteiger partial charge in [0.25, 0.3) is 0 Å². The van der Waals surface area contributed by atoms with Crippen molar-refractivity contribution in [3.05, 3.63) is 17.7 Å². The van der Waals surface area contributed by atoms with Crippen LogP contribution in [0.1, 0.15) is 12.0 Å². The predicted octanol–water partition coefficient (Wildman–Crippen LogP) is 0.276. The quantitative estimate of drug-likeness (QED) is 0.782. The molecule has 1 heterocycles. The Morgan fingerprint density at radius 2 is 1.79 bits per heavy atom. The monoisotopic (exact) mass is 358 g/mol. The first-order valence-corrected chi connectivity index (χ1v) is 8.76. The van der Waals surface area contributed by atoms with Gasteiger partial charge in [-0.25, -0.2) is 8.42 Å². The van der Waals surface area contributed by atoms with E-state index >= 15 is 0 Å². The topological polar surface area (TPSA) is 108 Å². The highest BCUT2D eigenvalue weighted by atomic mass is 32.2. The molecule has 8 nitrogen and oxygen atoms in total. The normalized spacial score (nSPS) is 21.7. The number of benzene rings is 1. The number of rotatable bonds is 6. The third-order valence-corrected chi connectivity index (χ3v) is 6.16. The molecule has 0 aliphatic carbocycles. The van der Waals surface area contributed by atoms with Crippen molar-refractivity contribution in [2.75, 3.05) is 27.9 Å². The molecular formula is C15H22N2O6S. The van der Waals surface area contributed by atoms with Crippen molar-refractivity contribution >= 4 is 15.9 Å². The molecule has 1 aromatic carbocycles. The maximum Gasteiger partial charge on any atom is 0.244 e. The number of sulfonamides is 1. The molecule has 0 aromatic heterocycles. The van der Waals surface area contributed by atoms with E-state index in [1.54, 1.807) is 13.0 Å². The van der Waals surface area contributed by atoms with Crippen LogP contribution >= 0.6 is 0 Å². The summed E-state index contributed by atoms with van der Waals surface area (Å²) in [5.74, 6) is 0.0210. The Labute approximate surface area is 141 Å². The Balaban J connectivity index is 2.52. The van der Waals surface area contributed by atoms with E-state index in [9.17, 15) is 13.2 Å². The van der Waals surface area contributed by atoms with Crippen molar-refractivity contribution < 1.29 is 27.4 Å². The van der Waals surface area contributed by atoms with Gasteiger partial charge in [0.05, 0.1) is 25.2 Å². The number of primary amides is 1. The minimum atomic E-state index is -3.95. The van der Waals surface area contributed by atoms with E-state index in [1.807, 2.05) is 0 Å². The largest absolute Gasteiger partial charge is 0.493 e. The van der Waals surface area contributed by atoms with Crippen LogP contribution in [0.5, 0.6) is 11.5 Å². The Bertz CT molecular complexity index is 734. The Morgan fingerprint density at radius 3 is 2.29 bits per heavy atom. The molecule has 1 aliphatic rings. The van der Waals surface area contributed by atoms with Crippen LogP contribution in [0.25, 0.3) is 0 Å². The SMILES string of the molecule is COc1cc(C)c(S(=O)(=O)N2C[C@@H](OC)C[C@H]2C(N)=O)cc1OC. The number of nitrogens with two attached hydrogens (primary N) is 1. The van der Waals surface area contributed by atoms with E-state index in [0.717, 1.165) is 4.31 Å². The lowest BCUT2D eigenvalue weighted by Gasteiger charge is -2.23. The molecule has 1 aromatic rings. The van der Waals surface area contributed by atoms with Gasteiger partial charge in [0, 0.05) is 26.1 Å². The third-order valence-electron chi connectivity index (χ3n) is 4.15. The molecule has 2 atom stereocenters. The predicted molar refractivity (Wildman–Crippen MR) is 86.6 cm³/mol. The first kappa shape index (κ1) is 18.5. The van der Waals surface area contributed by atoms with Crippen LogP contribution in [0.15, 0.2) is 17.0 Å². The lowest BCUT2D eigenvalue weighted by Crippen LogP contribution is -2.43. The summed E-state index contributed by atoms with van der Waals surface area (Å²) in [6.07, 6.45) is -0.144. The van der Waals surface area contributed by atoms with Crippen molar-refractivity contribution in [1.29, 1.82) is 0 Å². The number of hydrogen-bond donors (Lipinski definition) is 1. The highest BCUT2D eigenvalue weighted by molar-refractivity contribution is 7.89. The third kappa shape index (κ3) is 3.19. The second-order valence-electron chi connectivity index (χ2n) is 5.56. The summed E-state index contributed by atoms with van der Waals surface area (Å²) in [7, 11) is 0.419. The summed E-state index contributed by atoms with van der Waals surface area (Å²) in [6, 6.07) is 2.03. The van der Waals surface area contributed by atoms with Gasteiger partial charge in [-0.2, -0.15) is 4.31 Å². The van der Waals surface area contributed by atoms with E-state index in [1.165, 1.54) is 27.4 Å². The van der Waals surface area contributed by atoms with Crippen LogP contribution in [0.2, 0.25) is 0 Å². The number of carbonyl (C=O) groups is 1. The highest BCUT2D eigenvalue weighted by Gasteiger charge is 2.44. The smallest absolute Gasteiger partial charge is 0.244 e. The molecule has 0 bridgehead atoms. The maximum atomic E-state index is 13.1. The average Bonchev–Trinajstić information content (AvgIpc) is 2.99. The van der Waals surface area contributed by atoms with Crippen LogP contribution in [0, 0.1) is 6.92 Å². The van der Waals surface area contributed by atoms with Crippen molar-refractivity contribution in [3.8, 4) is 11.5 Å². The minimum Gasteiger partial charge on any atom is -0.493 e. The average molecular weight is 358 g/mol. The minimum absolute atomic E-state index is 0.0446. The van der Waals surface area contributed by atoms with Gasteiger partial charge in [-0.15, -0.1) is 0 Å². The lowest BCUT2D eigenvalue weighted by atomic mass is 10.2. The summed E-state index contributed by atoms with van der Waals surface area (Å²) in [5.41, 5.74) is 5.86. The summed E-state index contributed by atoms with van der Waals surface area (Å²) in [6.45, 7) is 1.72. The molecule has 1 saturated heterocycles. The first-order chi connectivity index (χ1) is 11.3. The van der Waals surface area contributed by atoms with Gasteiger partial charge in [-0.3, -0.25) is 4.79 Å². The van der Waals surface area contributed by atoms with E-state index in [2.05, 4.69) is 0 Å². The van der Waals surface area contributed by atoms with Gasteiger partial charge in [-0.1, -0.05) is 0 Å². The molecule has 1 amide bonds. The number of ether oxygens (including phenoxy) is 3. The van der Waals surface area contributed by atoms with E-state index in [0.29, 0.717) is 17.1 Å². The molecule has 1 fully saturated rings. The Morgan fingerprint density at radius 1 is 1.21 bits per heavy atom. The van der Waals surface area contributed by atoms with Gasteiger partial charge < -0.3 is 19.9 Å². The molecule has 2 N–H and O–H groups in total. The van der Waals surface area contributed by atoms with E-state index < -0.39 is 22.0 Å². The molecule has 1 aliphatic heterocycles. The summed E-state index contributed by atoms with van der Waals surface area (Å²) in [5, 5.41) is 0. The lowest BCUT2D eigenvalue weighted by molar-refractivity contribution is -0.121. The number of aryl methyl sites for hydroxylation is 1. The fourth-order valence-corrected chi connectivity index (χ4v) is 4.69. The van der Waals surface area contributed by atoms with Crippen LogP contribution in [-0.4, -0.2) is 58.7 Å². The molecular weight excluding hydrogens is 336 g/mol. The van der Waals surface area contributed by atoms with E-state index in [-0.39, 0.29) is 24.0 Å². The van der Waals surface area contributed by atoms with Gasteiger partial charge in [-0.05, 0) is 18.6 Å². The zero-order chi connectivity index (χ0) is 18.1. The molecule has 0 radical (unpaired) electrons. The van der Waals surface area contributed by atoms with Crippen molar-refractivity contribution in [3.63, 3.8) is 0 Å². The zero-order valence-corrected chi connectivity index (χ0v) is 14.9. The van der Waals surface area contributed by atoms with Gasteiger partial charge in [0.15, 0.2) is 11.5 Å². The number of carbonyl (C=O) groups excluding carboxylic acids is 1. The second kappa shape index (κ2) is 6.96. The second-order valence-corrected chi connectivity index (χ2v) is 7.42. The molecule has 2 rings (SSSR count). The van der Waals surface area contributed by atoms with Crippen LogP contribution in [0.3, 0.4) is 0 Å².